The van der Waals surface area contributed by atoms with Crippen molar-refractivity contribution in [2.45, 2.75) is 0 Å². The molecule has 6 heavy (non-hydrogen) atoms. The number of hydrogen-bond donors (Lipinski definition) is 0. The highest BCUT2D eigenvalue weighted by molar-refractivity contribution is 7.17. The van der Waals surface area contributed by atoms with Gasteiger partial charge in [-0.25, -0.2) is 4.39 Å². The molecule has 0 bridgehead atoms. The van der Waals surface area contributed by atoms with Crippen molar-refractivity contribution in [2.75, 3.05) is 0 Å². The predicted molar refractivity (Wildman–Crippen MR) is 20.3 cm³/mol. The average Bonchev–Trinajstić information content (AvgIpc) is 1.61. The zero-order valence-corrected chi connectivity index (χ0v) is 3.85. The third-order valence-electron chi connectivity index (χ3n) is 0.168. The van der Waals surface area contributed by atoms with Gasteiger partial charge in [0.1, 0.15) is 6.33 Å². The van der Waals surface area contributed by atoms with Gasteiger partial charge in [0.05, 0.1) is 0 Å². The Morgan fingerprint density at radius 1 is 1.83 bits per heavy atom. The summed E-state index contributed by atoms with van der Waals surface area (Å²) in [6.45, 7) is 0. The normalized spacial score (nSPS) is 10.2. The van der Waals surface area contributed by atoms with Crippen LogP contribution in [-0.4, -0.2) is 0 Å². The minimum atomic E-state index is -0.912. The number of hydrogen-bond acceptors (Lipinski definition) is 2. The quantitative estimate of drug-likeness (QED) is 0.395. The first-order valence-corrected chi connectivity index (χ1v) is 2.01. The topological polar surface area (TPSA) is 26.3 Å². The lowest BCUT2D eigenvalue weighted by atomic mass is 11.1. The molecule has 2 nitrogen and oxygen atoms in total. The lowest BCUT2D eigenvalue weighted by Crippen LogP contribution is -1.45. The van der Waals surface area contributed by atoms with E-state index in [2.05, 4.69) is 4.52 Å². The van der Waals surface area contributed by atoms with Gasteiger partial charge in [-0.2, -0.15) is 0 Å². The molecule has 0 saturated carbocycles. The van der Waals surface area contributed by atoms with Gasteiger partial charge < -0.3 is 0 Å². The molecule has 1 atom stereocenters. The molecule has 0 aromatic carbocycles. The minimum absolute atomic E-state index is 0.172. The first-order chi connectivity index (χ1) is 2.91. The van der Waals surface area contributed by atoms with Crippen LogP contribution in [0, 0.1) is 0 Å². The van der Waals surface area contributed by atoms with Crippen LogP contribution in [0.25, 0.3) is 0 Å². The van der Waals surface area contributed by atoms with Gasteiger partial charge in [-0.05, 0) is 4.57 Å². The van der Waals surface area contributed by atoms with Gasteiger partial charge in [-0.15, -0.1) is 0 Å². The van der Waals surface area contributed by atoms with Crippen molar-refractivity contribution < 1.29 is 13.5 Å². The zero-order valence-electron chi connectivity index (χ0n) is 2.85. The highest BCUT2D eigenvalue weighted by atomic mass is 31.1. The van der Waals surface area contributed by atoms with Gasteiger partial charge in [-0.3, -0.25) is 4.52 Å². The van der Waals surface area contributed by atoms with Crippen LogP contribution in [0.4, 0.5) is 4.39 Å². The molecule has 0 radical (unpaired) electrons. The summed E-state index contributed by atoms with van der Waals surface area (Å²) in [5.41, 5.74) is 0. The Morgan fingerprint density at radius 2 is 2.50 bits per heavy atom. The van der Waals surface area contributed by atoms with E-state index in [0.29, 0.717) is 6.26 Å². The van der Waals surface area contributed by atoms with Gasteiger partial charge in [-0.1, -0.05) is 0 Å². The van der Waals surface area contributed by atoms with Crippen LogP contribution in [0.2, 0.25) is 0 Å². The van der Waals surface area contributed by atoms with E-state index < -0.39 is 8.69 Å². The van der Waals surface area contributed by atoms with Gasteiger partial charge in [0.15, 0.2) is 6.26 Å². The third kappa shape index (κ3) is 3.57. The summed E-state index contributed by atoms with van der Waals surface area (Å²) in [4.78, 5) is 0. The van der Waals surface area contributed by atoms with Crippen LogP contribution in [0.3, 0.4) is 0 Å². The van der Waals surface area contributed by atoms with E-state index in [9.17, 15) is 8.96 Å². The van der Waals surface area contributed by atoms with Crippen LogP contribution < -0.4 is 0 Å². The molecule has 1 unspecified atom stereocenters. The maximum Gasteiger partial charge on any atom is 0.541 e. The summed E-state index contributed by atoms with van der Waals surface area (Å²) in [7, 11) is -0.912. The highest BCUT2D eigenvalue weighted by Gasteiger charge is 1.74. The van der Waals surface area contributed by atoms with Gasteiger partial charge >= 0.3 is 8.69 Å². The molecule has 4 heteroatoms. The van der Waals surface area contributed by atoms with Gasteiger partial charge in [0.2, 0.25) is 0 Å². The van der Waals surface area contributed by atoms with E-state index in [1.807, 2.05) is 0 Å². The monoisotopic (exact) mass is 109 g/mol. The Morgan fingerprint density at radius 3 is 2.67 bits per heavy atom. The average molecular weight is 109 g/mol. The summed E-state index contributed by atoms with van der Waals surface area (Å²) in [6, 6.07) is 0. The maximum absolute atomic E-state index is 10.7. The van der Waals surface area contributed by atoms with Gasteiger partial charge in [0, 0.05) is 0 Å². The molecule has 0 heterocycles. The molecule has 0 aliphatic rings. The summed E-state index contributed by atoms with van der Waals surface area (Å²) in [5.74, 6) is 0. The standard InChI is InChI=1S/C2H3FO2P/c3-1-2-5-6-4/h1-2,6H/q+1. The number of rotatable bonds is 2. The predicted octanol–water partition coefficient (Wildman–Crippen LogP) is 1.38. The molecule has 0 spiro atoms. The van der Waals surface area contributed by atoms with E-state index in [-0.39, 0.29) is 6.33 Å². The van der Waals surface area contributed by atoms with E-state index in [1.165, 1.54) is 0 Å². The first-order valence-electron chi connectivity index (χ1n) is 1.20. The van der Waals surface area contributed by atoms with Crippen molar-refractivity contribution in [2.24, 2.45) is 0 Å². The first kappa shape index (κ1) is 5.57. The molecule has 0 N–H and O–H groups in total. The van der Waals surface area contributed by atoms with Crippen LogP contribution >= 0.6 is 8.69 Å². The smallest absolute Gasteiger partial charge is 0.261 e. The molecular formula is C2H3FO2P+. The molecule has 0 aromatic heterocycles. The highest BCUT2D eigenvalue weighted by Crippen LogP contribution is 1.92. The minimum Gasteiger partial charge on any atom is -0.261 e. The summed E-state index contributed by atoms with van der Waals surface area (Å²) in [6.07, 6.45) is 0.885. The Labute approximate surface area is 35.9 Å². The van der Waals surface area contributed by atoms with Crippen molar-refractivity contribution in [3.8, 4) is 0 Å². The van der Waals surface area contributed by atoms with E-state index >= 15 is 0 Å². The van der Waals surface area contributed by atoms with Crippen molar-refractivity contribution in [1.29, 1.82) is 0 Å². The fraction of sp³-hybridized carbons (Fsp3) is 0. The lowest BCUT2D eigenvalue weighted by molar-refractivity contribution is 0.472. The van der Waals surface area contributed by atoms with E-state index in [1.54, 1.807) is 0 Å². The summed E-state index contributed by atoms with van der Waals surface area (Å²) < 4.78 is 23.9. The van der Waals surface area contributed by atoms with Crippen molar-refractivity contribution in [3.63, 3.8) is 0 Å². The Bertz CT molecular complexity index is 62.6. The SMILES string of the molecule is O=[PH+]OC=CF. The molecule has 0 saturated heterocycles. The van der Waals surface area contributed by atoms with Crippen molar-refractivity contribution >= 4 is 8.69 Å². The van der Waals surface area contributed by atoms with Crippen molar-refractivity contribution in [1.82, 2.24) is 0 Å². The van der Waals surface area contributed by atoms with Crippen LogP contribution in [0.15, 0.2) is 12.6 Å². The largest absolute Gasteiger partial charge is 0.541 e. The Kier molecular flexibility index (Phi) is 4.24. The van der Waals surface area contributed by atoms with E-state index in [0.717, 1.165) is 0 Å². The second-order valence-electron chi connectivity index (χ2n) is 0.463. The Balaban J connectivity index is 2.85. The van der Waals surface area contributed by atoms with E-state index in [4.69, 9.17) is 0 Å². The molecule has 0 fully saturated rings. The third-order valence-corrected chi connectivity index (χ3v) is 0.400. The second-order valence-corrected chi connectivity index (χ2v) is 0.866. The van der Waals surface area contributed by atoms with Crippen LogP contribution in [-0.2, 0) is 9.09 Å². The second kappa shape index (κ2) is 4.57. The molecule has 0 rings (SSSR count). The summed E-state index contributed by atoms with van der Waals surface area (Å²) >= 11 is 0. The molecule has 0 aliphatic heterocycles. The molecule has 0 aliphatic carbocycles. The number of halogens is 1. The van der Waals surface area contributed by atoms with Crippen LogP contribution in [0.5, 0.6) is 0 Å². The molecule has 34 valence electrons. The lowest BCUT2D eigenvalue weighted by Gasteiger charge is -1.60. The molecule has 0 amide bonds. The molecular weight excluding hydrogens is 106 g/mol. The van der Waals surface area contributed by atoms with Gasteiger partial charge in [0.25, 0.3) is 0 Å². The zero-order chi connectivity index (χ0) is 4.83. The fourth-order valence-corrected chi connectivity index (χ4v) is 0.160. The molecule has 0 aromatic rings. The Hall–Kier alpha value is -0.430. The maximum atomic E-state index is 10.7. The summed E-state index contributed by atoms with van der Waals surface area (Å²) in [5, 5.41) is 0. The fourth-order valence-electron chi connectivity index (χ4n) is 0.0535. The van der Waals surface area contributed by atoms with Crippen molar-refractivity contribution in [3.05, 3.63) is 12.6 Å². The van der Waals surface area contributed by atoms with Crippen LogP contribution in [0.1, 0.15) is 0 Å².